The highest BCUT2D eigenvalue weighted by Crippen LogP contribution is 2.32. The summed E-state index contributed by atoms with van der Waals surface area (Å²) in [6.45, 7) is 8.61. The number of ether oxygens (including phenoxy) is 1. The average Bonchev–Trinajstić information content (AvgIpc) is 2.46. The lowest BCUT2D eigenvalue weighted by Crippen LogP contribution is -2.52. The molecule has 4 nitrogen and oxygen atoms in total. The first kappa shape index (κ1) is 14.9. The van der Waals surface area contributed by atoms with E-state index in [9.17, 15) is 4.79 Å². The van der Waals surface area contributed by atoms with Crippen molar-refractivity contribution in [3.8, 4) is 5.75 Å². The van der Waals surface area contributed by atoms with Crippen molar-refractivity contribution in [1.29, 1.82) is 0 Å². The van der Waals surface area contributed by atoms with Crippen LogP contribution in [-0.4, -0.2) is 48.5 Å². The number of piperazine rings is 1. The minimum atomic E-state index is 0.0693. The second-order valence-electron chi connectivity index (χ2n) is 5.56. The van der Waals surface area contributed by atoms with E-state index in [1.54, 1.807) is 14.0 Å². The molecule has 0 radical (unpaired) electrons. The Morgan fingerprint density at radius 2 is 2.00 bits per heavy atom. The van der Waals surface area contributed by atoms with Crippen molar-refractivity contribution in [3.05, 3.63) is 29.8 Å². The van der Waals surface area contributed by atoms with Crippen LogP contribution in [0.3, 0.4) is 0 Å². The van der Waals surface area contributed by atoms with E-state index in [-0.39, 0.29) is 11.9 Å². The van der Waals surface area contributed by atoms with E-state index >= 15 is 0 Å². The van der Waals surface area contributed by atoms with Crippen LogP contribution in [0.2, 0.25) is 0 Å². The molecular formula is C16H24N2O2. The number of para-hydroxylation sites is 1. The molecule has 0 aromatic heterocycles. The van der Waals surface area contributed by atoms with E-state index in [4.69, 9.17) is 4.74 Å². The van der Waals surface area contributed by atoms with Crippen molar-refractivity contribution in [2.75, 3.05) is 26.7 Å². The Morgan fingerprint density at radius 3 is 2.60 bits per heavy atom. The molecule has 0 saturated carbocycles. The standard InChI is InChI=1S/C16H24N2O2/c1-12(2)17-9-10-18(13(3)19)15(11-17)14-7-5-6-8-16(14)20-4/h5-8,12,15H,9-11H2,1-4H3. The fourth-order valence-corrected chi connectivity index (χ4v) is 2.86. The van der Waals surface area contributed by atoms with E-state index < -0.39 is 0 Å². The molecule has 0 aliphatic carbocycles. The predicted molar refractivity (Wildman–Crippen MR) is 79.8 cm³/mol. The predicted octanol–water partition coefficient (Wildman–Crippen LogP) is 2.31. The Bertz CT molecular complexity index is 473. The van der Waals surface area contributed by atoms with Gasteiger partial charge in [-0.2, -0.15) is 0 Å². The molecule has 1 atom stereocenters. The van der Waals surface area contributed by atoms with Gasteiger partial charge in [0.25, 0.3) is 0 Å². The summed E-state index contributed by atoms with van der Waals surface area (Å²) in [6.07, 6.45) is 0. The zero-order valence-corrected chi connectivity index (χ0v) is 12.8. The molecule has 1 heterocycles. The zero-order valence-electron chi connectivity index (χ0n) is 12.8. The summed E-state index contributed by atoms with van der Waals surface area (Å²) in [6, 6.07) is 8.54. The van der Waals surface area contributed by atoms with E-state index in [0.29, 0.717) is 6.04 Å². The number of benzene rings is 1. The molecule has 4 heteroatoms. The van der Waals surface area contributed by atoms with Gasteiger partial charge < -0.3 is 9.64 Å². The Labute approximate surface area is 121 Å². The van der Waals surface area contributed by atoms with Crippen LogP contribution < -0.4 is 4.74 Å². The highest BCUT2D eigenvalue weighted by atomic mass is 16.5. The van der Waals surface area contributed by atoms with E-state index in [2.05, 4.69) is 24.8 Å². The third kappa shape index (κ3) is 2.96. The fourth-order valence-electron chi connectivity index (χ4n) is 2.86. The lowest BCUT2D eigenvalue weighted by molar-refractivity contribution is -0.134. The summed E-state index contributed by atoms with van der Waals surface area (Å²) < 4.78 is 5.47. The first-order valence-electron chi connectivity index (χ1n) is 7.18. The summed E-state index contributed by atoms with van der Waals surface area (Å²) in [4.78, 5) is 16.3. The lowest BCUT2D eigenvalue weighted by atomic mass is 10.00. The van der Waals surface area contributed by atoms with Gasteiger partial charge in [-0.05, 0) is 19.9 Å². The molecule has 0 bridgehead atoms. The maximum Gasteiger partial charge on any atom is 0.220 e. The highest BCUT2D eigenvalue weighted by molar-refractivity contribution is 5.74. The van der Waals surface area contributed by atoms with Gasteiger partial charge in [-0.15, -0.1) is 0 Å². The molecule has 1 fully saturated rings. The van der Waals surface area contributed by atoms with Gasteiger partial charge >= 0.3 is 0 Å². The summed E-state index contributed by atoms with van der Waals surface area (Å²) in [5, 5.41) is 0. The van der Waals surface area contributed by atoms with Crippen molar-refractivity contribution in [2.45, 2.75) is 32.9 Å². The Hall–Kier alpha value is -1.55. The number of hydrogen-bond donors (Lipinski definition) is 0. The van der Waals surface area contributed by atoms with Crippen LogP contribution in [0.25, 0.3) is 0 Å². The highest BCUT2D eigenvalue weighted by Gasteiger charge is 2.32. The smallest absolute Gasteiger partial charge is 0.220 e. The quantitative estimate of drug-likeness (QED) is 0.849. The first-order chi connectivity index (χ1) is 9.54. The van der Waals surface area contributed by atoms with Crippen molar-refractivity contribution in [3.63, 3.8) is 0 Å². The van der Waals surface area contributed by atoms with Crippen molar-refractivity contribution in [1.82, 2.24) is 9.80 Å². The third-order valence-corrected chi connectivity index (χ3v) is 4.04. The summed E-state index contributed by atoms with van der Waals surface area (Å²) in [5.74, 6) is 0.985. The van der Waals surface area contributed by atoms with E-state index in [1.165, 1.54) is 0 Å². The van der Waals surface area contributed by atoms with Crippen LogP contribution in [-0.2, 0) is 4.79 Å². The SMILES string of the molecule is COc1ccccc1C1CN(C(C)C)CCN1C(C)=O. The van der Waals surface area contributed by atoms with Gasteiger partial charge in [-0.25, -0.2) is 0 Å². The monoisotopic (exact) mass is 276 g/mol. The fraction of sp³-hybridized carbons (Fsp3) is 0.562. The second kappa shape index (κ2) is 6.27. The number of rotatable bonds is 3. The summed E-state index contributed by atoms with van der Waals surface area (Å²) in [5.41, 5.74) is 1.09. The molecule has 2 rings (SSSR count). The van der Waals surface area contributed by atoms with Crippen molar-refractivity contribution >= 4 is 5.91 Å². The van der Waals surface area contributed by atoms with Gasteiger partial charge in [0.1, 0.15) is 5.75 Å². The van der Waals surface area contributed by atoms with Gasteiger partial charge in [-0.3, -0.25) is 9.69 Å². The topological polar surface area (TPSA) is 32.8 Å². The van der Waals surface area contributed by atoms with Gasteiger partial charge in [0, 0.05) is 38.2 Å². The Kier molecular flexibility index (Phi) is 4.65. The number of nitrogens with zero attached hydrogens (tertiary/aromatic N) is 2. The summed E-state index contributed by atoms with van der Waals surface area (Å²) in [7, 11) is 1.68. The molecule has 0 spiro atoms. The number of carbonyl (C=O) groups excluding carboxylic acids is 1. The zero-order chi connectivity index (χ0) is 14.7. The van der Waals surface area contributed by atoms with Crippen LogP contribution in [0.1, 0.15) is 32.4 Å². The molecule has 0 N–H and O–H groups in total. The van der Waals surface area contributed by atoms with Crippen LogP contribution in [0.15, 0.2) is 24.3 Å². The van der Waals surface area contributed by atoms with Crippen LogP contribution in [0.4, 0.5) is 0 Å². The van der Waals surface area contributed by atoms with Gasteiger partial charge in [-0.1, -0.05) is 18.2 Å². The molecule has 1 unspecified atom stereocenters. The number of hydrogen-bond acceptors (Lipinski definition) is 3. The van der Waals surface area contributed by atoms with Gasteiger partial charge in [0.05, 0.1) is 13.2 Å². The lowest BCUT2D eigenvalue weighted by Gasteiger charge is -2.43. The molecule has 1 saturated heterocycles. The van der Waals surface area contributed by atoms with Crippen molar-refractivity contribution in [2.24, 2.45) is 0 Å². The molecule has 20 heavy (non-hydrogen) atoms. The number of carbonyl (C=O) groups is 1. The molecular weight excluding hydrogens is 252 g/mol. The molecule has 1 aromatic rings. The second-order valence-corrected chi connectivity index (χ2v) is 5.56. The normalized spacial score (nSPS) is 20.2. The van der Waals surface area contributed by atoms with E-state index in [1.807, 2.05) is 23.1 Å². The molecule has 110 valence electrons. The maximum atomic E-state index is 11.9. The third-order valence-electron chi connectivity index (χ3n) is 4.04. The van der Waals surface area contributed by atoms with Gasteiger partial charge in [0.2, 0.25) is 5.91 Å². The molecule has 1 aliphatic heterocycles. The molecule has 1 aliphatic rings. The molecule has 1 aromatic carbocycles. The minimum absolute atomic E-state index is 0.0693. The van der Waals surface area contributed by atoms with Crippen LogP contribution in [0, 0.1) is 0 Å². The maximum absolute atomic E-state index is 11.9. The largest absolute Gasteiger partial charge is 0.496 e. The molecule has 1 amide bonds. The minimum Gasteiger partial charge on any atom is -0.496 e. The van der Waals surface area contributed by atoms with Crippen LogP contribution >= 0.6 is 0 Å². The number of methoxy groups -OCH3 is 1. The van der Waals surface area contributed by atoms with Crippen LogP contribution in [0.5, 0.6) is 5.75 Å². The van der Waals surface area contributed by atoms with E-state index in [0.717, 1.165) is 30.9 Å². The average molecular weight is 276 g/mol. The van der Waals surface area contributed by atoms with Gasteiger partial charge in [0.15, 0.2) is 0 Å². The first-order valence-corrected chi connectivity index (χ1v) is 7.18. The summed E-state index contributed by atoms with van der Waals surface area (Å²) >= 11 is 0. The Morgan fingerprint density at radius 1 is 1.30 bits per heavy atom. The number of amides is 1. The Balaban J connectivity index is 2.34. The van der Waals surface area contributed by atoms with Crippen molar-refractivity contribution < 1.29 is 9.53 Å².